The molecular weight excluding hydrogens is 899 g/mol. The van der Waals surface area contributed by atoms with Gasteiger partial charge in [-0.05, 0) is 25.7 Å². The number of aliphatic hydroxyl groups excluding tert-OH is 2. The molecule has 1 amide bonds. The summed E-state index contributed by atoms with van der Waals surface area (Å²) in [5.74, 6) is -0.0114. The first-order chi connectivity index (χ1) is 36.0. The average Bonchev–Trinajstić information content (AvgIpc) is 3.39. The van der Waals surface area contributed by atoms with E-state index in [9.17, 15) is 19.8 Å². The van der Waals surface area contributed by atoms with Crippen LogP contribution in [0, 0.1) is 0 Å². The van der Waals surface area contributed by atoms with Gasteiger partial charge in [-0.25, -0.2) is 0 Å². The molecule has 2 unspecified atom stereocenters. The monoisotopic (exact) mass is 1030 g/mol. The summed E-state index contributed by atoms with van der Waals surface area (Å²) in [6.45, 7) is 5.00. The molecule has 0 aliphatic rings. The van der Waals surface area contributed by atoms with Crippen LogP contribution in [0.5, 0.6) is 0 Å². The Hall–Kier alpha value is -1.14. The van der Waals surface area contributed by atoms with Gasteiger partial charge in [0.15, 0.2) is 0 Å². The minimum Gasteiger partial charge on any atom is -0.466 e. The highest BCUT2D eigenvalue weighted by Crippen LogP contribution is 2.19. The lowest BCUT2D eigenvalue weighted by Gasteiger charge is -2.22. The van der Waals surface area contributed by atoms with Crippen molar-refractivity contribution in [3.63, 3.8) is 0 Å². The van der Waals surface area contributed by atoms with Gasteiger partial charge >= 0.3 is 5.97 Å². The van der Waals surface area contributed by atoms with Crippen LogP contribution in [0.15, 0.2) is 0 Å². The zero-order valence-electron chi connectivity index (χ0n) is 49.9. The molecule has 436 valence electrons. The minimum atomic E-state index is -0.663. The standard InChI is InChI=1S/C67H133NO5/c1-3-5-7-9-11-13-15-17-18-19-20-27-30-33-36-39-43-47-51-55-59-65(70)64(63-69)68-66(71)60-56-52-48-44-40-37-34-31-28-25-23-21-22-24-26-29-32-35-38-42-46-50-54-58-62-73-67(72)61-57-53-49-45-41-16-14-12-10-8-6-4-2/h64-65,69-70H,3-63H2,1-2H3,(H,68,71). The molecule has 0 radical (unpaired) electrons. The Morgan fingerprint density at radius 2 is 0.562 bits per heavy atom. The fourth-order valence-electron chi connectivity index (χ4n) is 11.0. The number of unbranched alkanes of at least 4 members (excludes halogenated alkanes) is 53. The summed E-state index contributed by atoms with van der Waals surface area (Å²) in [7, 11) is 0. The fraction of sp³-hybridized carbons (Fsp3) is 0.970. The van der Waals surface area contributed by atoms with Crippen LogP contribution in [0.3, 0.4) is 0 Å². The maximum absolute atomic E-state index is 12.5. The van der Waals surface area contributed by atoms with E-state index in [4.69, 9.17) is 4.74 Å². The molecule has 0 fully saturated rings. The lowest BCUT2D eigenvalue weighted by atomic mass is 10.0. The Bertz CT molecular complexity index is 1050. The van der Waals surface area contributed by atoms with Gasteiger partial charge in [0.2, 0.25) is 5.91 Å². The largest absolute Gasteiger partial charge is 0.466 e. The first-order valence-corrected chi connectivity index (χ1v) is 33.8. The molecular formula is C67H133NO5. The molecule has 3 N–H and O–H groups in total. The van der Waals surface area contributed by atoms with E-state index in [-0.39, 0.29) is 18.5 Å². The van der Waals surface area contributed by atoms with E-state index < -0.39 is 12.1 Å². The smallest absolute Gasteiger partial charge is 0.305 e. The van der Waals surface area contributed by atoms with Crippen molar-refractivity contribution in [2.45, 2.75) is 405 Å². The van der Waals surface area contributed by atoms with Crippen molar-refractivity contribution in [1.29, 1.82) is 0 Å². The lowest BCUT2D eigenvalue weighted by molar-refractivity contribution is -0.143. The van der Waals surface area contributed by atoms with Crippen LogP contribution in [-0.4, -0.2) is 47.4 Å². The van der Waals surface area contributed by atoms with Crippen LogP contribution in [0.2, 0.25) is 0 Å². The van der Waals surface area contributed by atoms with Gasteiger partial charge in [-0.15, -0.1) is 0 Å². The van der Waals surface area contributed by atoms with Crippen LogP contribution in [0.4, 0.5) is 0 Å². The van der Waals surface area contributed by atoms with E-state index in [2.05, 4.69) is 19.2 Å². The Labute approximate surface area is 457 Å². The third-order valence-corrected chi connectivity index (χ3v) is 16.2. The van der Waals surface area contributed by atoms with E-state index in [1.54, 1.807) is 0 Å². The van der Waals surface area contributed by atoms with Gasteiger partial charge in [0.1, 0.15) is 0 Å². The third kappa shape index (κ3) is 60.0. The van der Waals surface area contributed by atoms with Crippen molar-refractivity contribution < 1.29 is 24.5 Å². The van der Waals surface area contributed by atoms with E-state index in [0.717, 1.165) is 38.5 Å². The number of esters is 1. The van der Waals surface area contributed by atoms with Gasteiger partial charge < -0.3 is 20.3 Å². The van der Waals surface area contributed by atoms with Gasteiger partial charge in [0, 0.05) is 12.8 Å². The van der Waals surface area contributed by atoms with E-state index >= 15 is 0 Å². The first-order valence-electron chi connectivity index (χ1n) is 33.8. The molecule has 0 bridgehead atoms. The molecule has 6 nitrogen and oxygen atoms in total. The minimum absolute atomic E-state index is 0.0174. The maximum Gasteiger partial charge on any atom is 0.305 e. The highest BCUT2D eigenvalue weighted by Gasteiger charge is 2.20. The molecule has 2 atom stereocenters. The molecule has 0 heterocycles. The fourth-order valence-corrected chi connectivity index (χ4v) is 11.0. The predicted octanol–water partition coefficient (Wildman–Crippen LogP) is 21.4. The molecule has 6 heteroatoms. The van der Waals surface area contributed by atoms with E-state index in [1.807, 2.05) is 0 Å². The lowest BCUT2D eigenvalue weighted by Crippen LogP contribution is -2.45. The third-order valence-electron chi connectivity index (χ3n) is 16.2. The summed E-state index contributed by atoms with van der Waals surface area (Å²) in [5.41, 5.74) is 0. The normalized spacial score (nSPS) is 12.4. The van der Waals surface area contributed by atoms with Crippen LogP contribution in [0.25, 0.3) is 0 Å². The molecule has 0 rings (SSSR count). The van der Waals surface area contributed by atoms with Gasteiger partial charge in [-0.1, -0.05) is 354 Å². The Kier molecular flexibility index (Phi) is 62.4. The zero-order chi connectivity index (χ0) is 52.9. The molecule has 0 saturated heterocycles. The van der Waals surface area contributed by atoms with Crippen molar-refractivity contribution in [2.24, 2.45) is 0 Å². The Morgan fingerprint density at radius 1 is 0.329 bits per heavy atom. The molecule has 0 aromatic rings. The highest BCUT2D eigenvalue weighted by molar-refractivity contribution is 5.76. The Morgan fingerprint density at radius 3 is 0.836 bits per heavy atom. The van der Waals surface area contributed by atoms with Crippen LogP contribution >= 0.6 is 0 Å². The zero-order valence-corrected chi connectivity index (χ0v) is 49.9. The molecule has 0 aliphatic carbocycles. The number of amides is 1. The molecule has 73 heavy (non-hydrogen) atoms. The first kappa shape index (κ1) is 71.9. The van der Waals surface area contributed by atoms with Crippen molar-refractivity contribution in [2.75, 3.05) is 13.2 Å². The summed E-state index contributed by atoms with van der Waals surface area (Å²) >= 11 is 0. The Balaban J connectivity index is 3.36. The van der Waals surface area contributed by atoms with Crippen molar-refractivity contribution in [1.82, 2.24) is 5.32 Å². The number of hydrogen-bond acceptors (Lipinski definition) is 5. The van der Waals surface area contributed by atoms with Gasteiger partial charge in [0.05, 0.1) is 25.4 Å². The summed E-state index contributed by atoms with van der Waals surface area (Å²) in [4.78, 5) is 24.6. The average molecular weight is 1030 g/mol. The maximum atomic E-state index is 12.5. The number of ether oxygens (including phenoxy) is 1. The number of hydrogen-bond donors (Lipinski definition) is 3. The summed E-state index contributed by atoms with van der Waals surface area (Å²) < 4.78 is 5.48. The number of nitrogens with one attached hydrogen (secondary N) is 1. The van der Waals surface area contributed by atoms with Gasteiger partial charge in [0.25, 0.3) is 0 Å². The molecule has 0 saturated carbocycles. The molecule has 0 aromatic heterocycles. The topological polar surface area (TPSA) is 95.9 Å². The van der Waals surface area contributed by atoms with Crippen LogP contribution < -0.4 is 5.32 Å². The van der Waals surface area contributed by atoms with Crippen molar-refractivity contribution >= 4 is 11.9 Å². The second-order valence-electron chi connectivity index (χ2n) is 23.5. The van der Waals surface area contributed by atoms with Crippen molar-refractivity contribution in [3.8, 4) is 0 Å². The van der Waals surface area contributed by atoms with E-state index in [1.165, 1.54) is 321 Å². The number of carbonyl (C=O) groups is 2. The summed E-state index contributed by atoms with van der Waals surface area (Å²) in [6, 6.07) is -0.540. The van der Waals surface area contributed by atoms with E-state index in [0.29, 0.717) is 25.9 Å². The SMILES string of the molecule is CCCCCCCCCCCCCCCCCCCCCCC(O)C(CO)NC(=O)CCCCCCCCCCCCCCCCCCCCCCCCCCOC(=O)CCCCCCCCCCCCCC. The van der Waals surface area contributed by atoms with Crippen LogP contribution in [0.1, 0.15) is 393 Å². The number of carbonyl (C=O) groups excluding carboxylic acids is 2. The number of rotatable bonds is 64. The summed E-state index contributed by atoms with van der Waals surface area (Å²) in [5, 5.41) is 23.4. The molecule has 0 spiro atoms. The highest BCUT2D eigenvalue weighted by atomic mass is 16.5. The number of aliphatic hydroxyl groups is 2. The van der Waals surface area contributed by atoms with Crippen LogP contribution in [-0.2, 0) is 14.3 Å². The summed E-state index contributed by atoms with van der Waals surface area (Å²) in [6.07, 6.45) is 75.6. The molecule has 0 aromatic carbocycles. The second-order valence-corrected chi connectivity index (χ2v) is 23.5. The van der Waals surface area contributed by atoms with Crippen molar-refractivity contribution in [3.05, 3.63) is 0 Å². The predicted molar refractivity (Wildman–Crippen MR) is 320 cm³/mol. The quantitative estimate of drug-likeness (QED) is 0.0417. The second kappa shape index (κ2) is 63.4. The molecule has 0 aliphatic heterocycles. The van der Waals surface area contributed by atoms with Gasteiger partial charge in [-0.2, -0.15) is 0 Å². The van der Waals surface area contributed by atoms with Gasteiger partial charge in [-0.3, -0.25) is 9.59 Å².